The zero-order chi connectivity index (χ0) is 14.3. The fourth-order valence-corrected chi connectivity index (χ4v) is 2.57. The van der Waals surface area contributed by atoms with E-state index in [-0.39, 0.29) is 11.2 Å². The Morgan fingerprint density at radius 3 is 2.79 bits per heavy atom. The number of hydrogen-bond donors (Lipinski definition) is 1. The number of rotatable bonds is 7. The highest BCUT2D eigenvalue weighted by Gasteiger charge is 2.15. The van der Waals surface area contributed by atoms with Crippen LogP contribution in [0.5, 0.6) is 0 Å². The number of carbonyl (C=O) groups excluding carboxylic acids is 1. The maximum Gasteiger partial charge on any atom is 0.318 e. The van der Waals surface area contributed by atoms with Crippen molar-refractivity contribution in [3.8, 4) is 0 Å². The second-order valence-corrected chi connectivity index (χ2v) is 5.91. The number of thioether (sulfide) groups is 1. The molecule has 1 unspecified atom stereocenters. The minimum atomic E-state index is -0.189. The number of carbonyl (C=O) groups is 1. The molecule has 19 heavy (non-hydrogen) atoms. The molecule has 0 fully saturated rings. The molecule has 1 aromatic rings. The lowest BCUT2D eigenvalue weighted by atomic mass is 10.1. The first-order valence-corrected chi connectivity index (χ1v) is 7.68. The van der Waals surface area contributed by atoms with Crippen LogP contribution < -0.4 is 5.73 Å². The van der Waals surface area contributed by atoms with Crippen molar-refractivity contribution in [2.45, 2.75) is 31.3 Å². The van der Waals surface area contributed by atoms with Gasteiger partial charge in [-0.3, -0.25) is 4.79 Å². The lowest BCUT2D eigenvalue weighted by Crippen LogP contribution is -2.18. The molecule has 0 aliphatic rings. The van der Waals surface area contributed by atoms with E-state index < -0.39 is 0 Å². The predicted octanol–water partition coefficient (Wildman–Crippen LogP) is 2.90. The van der Waals surface area contributed by atoms with Crippen LogP contribution in [0.2, 0.25) is 0 Å². The van der Waals surface area contributed by atoms with Gasteiger partial charge in [0.25, 0.3) is 0 Å². The Morgan fingerprint density at radius 2 is 2.16 bits per heavy atom. The molecule has 0 bridgehead atoms. The van der Waals surface area contributed by atoms with E-state index in [9.17, 15) is 4.79 Å². The number of ether oxygens (including phenoxy) is 1. The molecule has 0 saturated carbocycles. The summed E-state index contributed by atoms with van der Waals surface area (Å²) >= 11 is 6.55. The van der Waals surface area contributed by atoms with Gasteiger partial charge in [-0.1, -0.05) is 43.4 Å². The number of benzene rings is 1. The van der Waals surface area contributed by atoms with E-state index in [0.717, 1.165) is 17.5 Å². The van der Waals surface area contributed by atoms with Crippen LogP contribution >= 0.6 is 24.0 Å². The molecule has 0 spiro atoms. The van der Waals surface area contributed by atoms with Gasteiger partial charge in [0.1, 0.15) is 4.99 Å². The Labute approximate surface area is 123 Å². The quantitative estimate of drug-likeness (QED) is 0.619. The average molecular weight is 297 g/mol. The summed E-state index contributed by atoms with van der Waals surface area (Å²) in [5, 5.41) is -0.189. The van der Waals surface area contributed by atoms with Gasteiger partial charge in [-0.25, -0.2) is 0 Å². The normalized spacial score (nSPS) is 11.9. The summed E-state index contributed by atoms with van der Waals surface area (Å²) in [4.78, 5) is 12.0. The summed E-state index contributed by atoms with van der Waals surface area (Å²) in [6.45, 7) is 4.31. The highest BCUT2D eigenvalue weighted by molar-refractivity contribution is 7.99. The van der Waals surface area contributed by atoms with Gasteiger partial charge in [-0.2, -0.15) is 0 Å². The van der Waals surface area contributed by atoms with E-state index in [2.05, 4.69) is 0 Å². The summed E-state index contributed by atoms with van der Waals surface area (Å²) in [5.41, 5.74) is 7.60. The number of hydrogen-bond acceptors (Lipinski definition) is 4. The summed E-state index contributed by atoms with van der Waals surface area (Å²) in [6.07, 6.45) is 0.841. The Morgan fingerprint density at radius 1 is 1.47 bits per heavy atom. The van der Waals surface area contributed by atoms with Crippen molar-refractivity contribution in [1.82, 2.24) is 0 Å². The van der Waals surface area contributed by atoms with Gasteiger partial charge in [0, 0.05) is 11.3 Å². The predicted molar refractivity (Wildman–Crippen MR) is 84.3 cm³/mol. The van der Waals surface area contributed by atoms with Crippen molar-refractivity contribution in [1.29, 1.82) is 0 Å². The van der Waals surface area contributed by atoms with E-state index in [1.165, 1.54) is 11.8 Å². The van der Waals surface area contributed by atoms with E-state index >= 15 is 0 Å². The van der Waals surface area contributed by atoms with E-state index in [0.29, 0.717) is 17.3 Å². The molecule has 1 atom stereocenters. The highest BCUT2D eigenvalue weighted by Crippen LogP contribution is 2.21. The van der Waals surface area contributed by atoms with Gasteiger partial charge >= 0.3 is 5.97 Å². The van der Waals surface area contributed by atoms with Crippen LogP contribution in [0.15, 0.2) is 24.3 Å². The number of nitrogens with two attached hydrogens (primary N) is 1. The summed E-state index contributed by atoms with van der Waals surface area (Å²) < 4.78 is 5.11. The first-order chi connectivity index (χ1) is 9.06. The molecule has 5 heteroatoms. The van der Waals surface area contributed by atoms with Crippen LogP contribution in [0.1, 0.15) is 31.4 Å². The number of thiocarbonyl (C=S) groups is 1. The largest absolute Gasteiger partial charge is 0.465 e. The third-order valence-electron chi connectivity index (χ3n) is 2.55. The molecule has 0 radical (unpaired) electrons. The molecular formula is C14H19NO2S2. The average Bonchev–Trinajstić information content (AvgIpc) is 2.42. The van der Waals surface area contributed by atoms with Gasteiger partial charge in [-0.05, 0) is 18.9 Å². The monoisotopic (exact) mass is 297 g/mol. The van der Waals surface area contributed by atoms with E-state index in [4.69, 9.17) is 22.7 Å². The van der Waals surface area contributed by atoms with Crippen LogP contribution in [0, 0.1) is 0 Å². The van der Waals surface area contributed by atoms with Crippen LogP contribution in [-0.2, 0) is 15.3 Å². The molecule has 0 aromatic heterocycles. The molecular weight excluding hydrogens is 278 g/mol. The zero-order valence-corrected chi connectivity index (χ0v) is 12.9. The van der Waals surface area contributed by atoms with Crippen molar-refractivity contribution in [3.63, 3.8) is 0 Å². The van der Waals surface area contributed by atoms with Crippen LogP contribution in [0.25, 0.3) is 0 Å². The first-order valence-electron chi connectivity index (χ1n) is 6.22. The van der Waals surface area contributed by atoms with Crippen molar-refractivity contribution in [3.05, 3.63) is 35.4 Å². The van der Waals surface area contributed by atoms with Crippen molar-refractivity contribution < 1.29 is 9.53 Å². The number of esters is 1. The third-order valence-corrected chi connectivity index (χ3v) is 3.94. The highest BCUT2D eigenvalue weighted by atomic mass is 32.2. The van der Waals surface area contributed by atoms with Gasteiger partial charge in [0.2, 0.25) is 0 Å². The topological polar surface area (TPSA) is 52.3 Å². The summed E-state index contributed by atoms with van der Waals surface area (Å²) in [7, 11) is 0. The molecule has 104 valence electrons. The molecule has 3 nitrogen and oxygen atoms in total. The van der Waals surface area contributed by atoms with Crippen LogP contribution in [0.3, 0.4) is 0 Å². The SMILES string of the molecule is CCCOC(=O)C(C)SCc1ccccc1C(N)=S. The molecule has 0 amide bonds. The molecule has 1 aromatic carbocycles. The Balaban J connectivity index is 2.57. The Hall–Kier alpha value is -1.07. The maximum atomic E-state index is 11.6. The summed E-state index contributed by atoms with van der Waals surface area (Å²) in [6, 6.07) is 7.73. The van der Waals surface area contributed by atoms with Gasteiger partial charge in [0.05, 0.1) is 11.9 Å². The van der Waals surface area contributed by atoms with Crippen LogP contribution in [-0.4, -0.2) is 22.8 Å². The van der Waals surface area contributed by atoms with Crippen molar-refractivity contribution >= 4 is 34.9 Å². The Kier molecular flexibility index (Phi) is 6.87. The molecule has 0 saturated heterocycles. The second kappa shape index (κ2) is 8.17. The lowest BCUT2D eigenvalue weighted by molar-refractivity contribution is -0.142. The maximum absolute atomic E-state index is 11.6. The lowest BCUT2D eigenvalue weighted by Gasteiger charge is -2.12. The van der Waals surface area contributed by atoms with E-state index in [1.807, 2.05) is 38.1 Å². The second-order valence-electron chi connectivity index (χ2n) is 4.14. The minimum Gasteiger partial charge on any atom is -0.465 e. The van der Waals surface area contributed by atoms with Crippen molar-refractivity contribution in [2.75, 3.05) is 6.61 Å². The van der Waals surface area contributed by atoms with Gasteiger partial charge in [0.15, 0.2) is 0 Å². The minimum absolute atomic E-state index is 0.167. The standard InChI is InChI=1S/C14H19NO2S2/c1-3-8-17-14(16)10(2)19-9-11-6-4-5-7-12(11)13(15)18/h4-7,10H,3,8-9H2,1-2H3,(H2,15,18). The molecule has 0 aliphatic carbocycles. The smallest absolute Gasteiger partial charge is 0.318 e. The zero-order valence-electron chi connectivity index (χ0n) is 11.2. The third kappa shape index (κ3) is 5.20. The summed E-state index contributed by atoms with van der Waals surface area (Å²) in [5.74, 6) is 0.523. The Bertz CT molecular complexity index is 449. The molecule has 0 aliphatic heterocycles. The van der Waals surface area contributed by atoms with E-state index in [1.54, 1.807) is 0 Å². The van der Waals surface area contributed by atoms with Gasteiger partial charge < -0.3 is 10.5 Å². The fourth-order valence-electron chi connectivity index (χ4n) is 1.49. The molecule has 2 N–H and O–H groups in total. The first kappa shape index (κ1) is 16.0. The van der Waals surface area contributed by atoms with Gasteiger partial charge in [-0.15, -0.1) is 11.8 Å². The molecule has 1 rings (SSSR count). The fraction of sp³-hybridized carbons (Fsp3) is 0.429. The van der Waals surface area contributed by atoms with Crippen molar-refractivity contribution in [2.24, 2.45) is 5.73 Å². The van der Waals surface area contributed by atoms with Crippen LogP contribution in [0.4, 0.5) is 0 Å². The molecule has 0 heterocycles.